The molecule has 0 unspecified atom stereocenters. The minimum Gasteiger partial charge on any atom is -0.284 e. The maximum absolute atomic E-state index is 12.6. The summed E-state index contributed by atoms with van der Waals surface area (Å²) < 4.78 is 0. The fourth-order valence-corrected chi connectivity index (χ4v) is 3.13. The first-order valence-corrected chi connectivity index (χ1v) is 8.05. The first kappa shape index (κ1) is 14.5. The van der Waals surface area contributed by atoms with Gasteiger partial charge in [0.15, 0.2) is 5.13 Å². The summed E-state index contributed by atoms with van der Waals surface area (Å²) in [4.78, 5) is 19.0. The SMILES string of the molecule is CCN(C(=O)c1ccccc1)c1nc(-c2ccccc2)cs1. The molecule has 0 aliphatic heterocycles. The Morgan fingerprint density at radius 3 is 2.32 bits per heavy atom. The molecule has 1 heterocycles. The molecule has 0 saturated heterocycles. The van der Waals surface area contributed by atoms with E-state index in [1.165, 1.54) is 11.3 Å². The van der Waals surface area contributed by atoms with Crippen molar-refractivity contribution in [3.63, 3.8) is 0 Å². The van der Waals surface area contributed by atoms with Gasteiger partial charge < -0.3 is 0 Å². The van der Waals surface area contributed by atoms with Crippen LogP contribution in [-0.2, 0) is 0 Å². The smallest absolute Gasteiger partial charge is 0.260 e. The van der Waals surface area contributed by atoms with Gasteiger partial charge in [-0.2, -0.15) is 0 Å². The number of carbonyl (C=O) groups is 1. The summed E-state index contributed by atoms with van der Waals surface area (Å²) in [7, 11) is 0. The average Bonchev–Trinajstić information content (AvgIpc) is 3.07. The molecule has 0 aliphatic rings. The molecular weight excluding hydrogens is 292 g/mol. The minimum atomic E-state index is -0.0166. The fraction of sp³-hybridized carbons (Fsp3) is 0.111. The molecule has 3 rings (SSSR count). The molecule has 0 atom stereocenters. The summed E-state index contributed by atoms with van der Waals surface area (Å²) in [5.41, 5.74) is 2.65. The van der Waals surface area contributed by atoms with Crippen molar-refractivity contribution < 1.29 is 4.79 Å². The zero-order valence-corrected chi connectivity index (χ0v) is 13.1. The number of amides is 1. The van der Waals surface area contributed by atoms with Crippen LogP contribution in [0.25, 0.3) is 11.3 Å². The molecule has 2 aromatic carbocycles. The molecule has 0 radical (unpaired) electrons. The van der Waals surface area contributed by atoms with E-state index in [1.54, 1.807) is 4.90 Å². The zero-order chi connectivity index (χ0) is 15.4. The highest BCUT2D eigenvalue weighted by Crippen LogP contribution is 2.28. The number of hydrogen-bond donors (Lipinski definition) is 0. The topological polar surface area (TPSA) is 33.2 Å². The Morgan fingerprint density at radius 1 is 1.05 bits per heavy atom. The van der Waals surface area contributed by atoms with Gasteiger partial charge in [-0.25, -0.2) is 4.98 Å². The summed E-state index contributed by atoms with van der Waals surface area (Å²) in [6, 6.07) is 19.3. The summed E-state index contributed by atoms with van der Waals surface area (Å²) >= 11 is 1.49. The molecule has 0 bridgehead atoms. The number of benzene rings is 2. The fourth-order valence-electron chi connectivity index (χ4n) is 2.23. The quantitative estimate of drug-likeness (QED) is 0.712. The summed E-state index contributed by atoms with van der Waals surface area (Å²) in [6.45, 7) is 2.56. The lowest BCUT2D eigenvalue weighted by Crippen LogP contribution is -2.30. The van der Waals surface area contributed by atoms with Gasteiger partial charge in [0.1, 0.15) is 0 Å². The number of carbonyl (C=O) groups excluding carboxylic acids is 1. The van der Waals surface area contributed by atoms with Crippen LogP contribution in [0.5, 0.6) is 0 Å². The van der Waals surface area contributed by atoms with E-state index in [0.29, 0.717) is 12.1 Å². The van der Waals surface area contributed by atoms with Gasteiger partial charge >= 0.3 is 0 Å². The number of nitrogens with zero attached hydrogens (tertiary/aromatic N) is 2. The second-order valence-corrected chi connectivity index (χ2v) is 5.63. The van der Waals surface area contributed by atoms with Crippen molar-refractivity contribution in [1.82, 2.24) is 4.98 Å². The van der Waals surface area contributed by atoms with E-state index in [-0.39, 0.29) is 5.91 Å². The standard InChI is InChI=1S/C18H16N2OS/c1-2-20(17(21)15-11-7-4-8-12-15)18-19-16(13-22-18)14-9-5-3-6-10-14/h3-13H,2H2,1H3. The molecule has 1 aromatic heterocycles. The van der Waals surface area contributed by atoms with Crippen LogP contribution in [0.1, 0.15) is 17.3 Å². The Kier molecular flexibility index (Phi) is 4.30. The Bertz CT molecular complexity index is 753. The van der Waals surface area contributed by atoms with Crippen molar-refractivity contribution in [1.29, 1.82) is 0 Å². The average molecular weight is 308 g/mol. The number of hydrogen-bond acceptors (Lipinski definition) is 3. The van der Waals surface area contributed by atoms with E-state index in [2.05, 4.69) is 4.98 Å². The molecule has 4 heteroatoms. The van der Waals surface area contributed by atoms with Crippen molar-refractivity contribution >= 4 is 22.4 Å². The largest absolute Gasteiger partial charge is 0.284 e. The molecule has 0 fully saturated rings. The third kappa shape index (κ3) is 2.92. The Labute approximate surface area is 133 Å². The van der Waals surface area contributed by atoms with E-state index in [1.807, 2.05) is 73.0 Å². The van der Waals surface area contributed by atoms with Gasteiger partial charge in [0, 0.05) is 23.1 Å². The van der Waals surface area contributed by atoms with Crippen molar-refractivity contribution in [2.75, 3.05) is 11.4 Å². The Morgan fingerprint density at radius 2 is 1.68 bits per heavy atom. The van der Waals surface area contributed by atoms with Crippen LogP contribution in [0, 0.1) is 0 Å². The molecule has 0 aliphatic carbocycles. The van der Waals surface area contributed by atoms with E-state index >= 15 is 0 Å². The highest BCUT2D eigenvalue weighted by Gasteiger charge is 2.19. The maximum atomic E-state index is 12.6. The van der Waals surface area contributed by atoms with Gasteiger partial charge in [0.25, 0.3) is 5.91 Å². The highest BCUT2D eigenvalue weighted by atomic mass is 32.1. The lowest BCUT2D eigenvalue weighted by molar-refractivity contribution is 0.0988. The molecule has 1 amide bonds. The molecular formula is C18H16N2OS. The number of anilines is 1. The van der Waals surface area contributed by atoms with Gasteiger partial charge in [-0.15, -0.1) is 11.3 Å². The van der Waals surface area contributed by atoms with Crippen LogP contribution in [-0.4, -0.2) is 17.4 Å². The molecule has 3 nitrogen and oxygen atoms in total. The van der Waals surface area contributed by atoms with E-state index in [9.17, 15) is 4.79 Å². The van der Waals surface area contributed by atoms with Gasteiger partial charge in [-0.3, -0.25) is 9.69 Å². The summed E-state index contributed by atoms with van der Waals surface area (Å²) in [5, 5.41) is 2.72. The molecule has 22 heavy (non-hydrogen) atoms. The third-order valence-electron chi connectivity index (χ3n) is 3.37. The molecule has 0 N–H and O–H groups in total. The number of aromatic nitrogens is 1. The normalized spacial score (nSPS) is 10.4. The van der Waals surface area contributed by atoms with Crippen LogP contribution < -0.4 is 4.90 Å². The van der Waals surface area contributed by atoms with Crippen molar-refractivity contribution in [2.45, 2.75) is 6.92 Å². The predicted molar refractivity (Wildman–Crippen MR) is 91.3 cm³/mol. The first-order valence-electron chi connectivity index (χ1n) is 7.17. The van der Waals surface area contributed by atoms with Gasteiger partial charge in [0.05, 0.1) is 5.69 Å². The molecule has 0 saturated carbocycles. The second-order valence-electron chi connectivity index (χ2n) is 4.80. The lowest BCUT2D eigenvalue weighted by atomic mass is 10.2. The molecule has 3 aromatic rings. The van der Waals surface area contributed by atoms with Crippen molar-refractivity contribution in [3.8, 4) is 11.3 Å². The van der Waals surface area contributed by atoms with Crippen LogP contribution >= 0.6 is 11.3 Å². The second kappa shape index (κ2) is 6.54. The van der Waals surface area contributed by atoms with Crippen molar-refractivity contribution in [3.05, 3.63) is 71.6 Å². The highest BCUT2D eigenvalue weighted by molar-refractivity contribution is 7.14. The monoisotopic (exact) mass is 308 g/mol. The zero-order valence-electron chi connectivity index (χ0n) is 12.3. The minimum absolute atomic E-state index is 0.0166. The van der Waals surface area contributed by atoms with Crippen LogP contribution in [0.3, 0.4) is 0 Å². The van der Waals surface area contributed by atoms with Gasteiger partial charge in [0.2, 0.25) is 0 Å². The van der Waals surface area contributed by atoms with Crippen molar-refractivity contribution in [2.24, 2.45) is 0 Å². The predicted octanol–water partition coefficient (Wildman–Crippen LogP) is 4.48. The molecule has 110 valence electrons. The van der Waals surface area contributed by atoms with Gasteiger partial charge in [-0.1, -0.05) is 48.5 Å². The van der Waals surface area contributed by atoms with Gasteiger partial charge in [-0.05, 0) is 19.1 Å². The number of thiazole rings is 1. The van der Waals surface area contributed by atoms with Crippen LogP contribution in [0.15, 0.2) is 66.0 Å². The van der Waals surface area contributed by atoms with Crippen LogP contribution in [0.2, 0.25) is 0 Å². The third-order valence-corrected chi connectivity index (χ3v) is 4.24. The maximum Gasteiger partial charge on any atom is 0.260 e. The first-order chi connectivity index (χ1) is 10.8. The van der Waals surface area contributed by atoms with E-state index in [0.717, 1.165) is 16.4 Å². The summed E-state index contributed by atoms with van der Waals surface area (Å²) in [6.07, 6.45) is 0. The Balaban J connectivity index is 1.89. The lowest BCUT2D eigenvalue weighted by Gasteiger charge is -2.17. The van der Waals surface area contributed by atoms with E-state index < -0.39 is 0 Å². The Hall–Kier alpha value is -2.46. The number of rotatable bonds is 4. The molecule has 0 spiro atoms. The van der Waals surface area contributed by atoms with Crippen LogP contribution in [0.4, 0.5) is 5.13 Å². The summed E-state index contributed by atoms with van der Waals surface area (Å²) in [5.74, 6) is -0.0166. The van der Waals surface area contributed by atoms with E-state index in [4.69, 9.17) is 0 Å².